The number of carbonyl (C=O) groups is 1. The number of hydrogen-bond donors (Lipinski definition) is 1. The maximum absolute atomic E-state index is 13.8. The minimum absolute atomic E-state index is 0.176. The van der Waals surface area contributed by atoms with Crippen molar-refractivity contribution < 1.29 is 18.3 Å². The Labute approximate surface area is 178 Å². The van der Waals surface area contributed by atoms with Crippen LogP contribution in [0.25, 0.3) is 11.3 Å². The summed E-state index contributed by atoms with van der Waals surface area (Å²) in [4.78, 5) is 16.0. The molecule has 1 saturated heterocycles. The fraction of sp³-hybridized carbons (Fsp3) is 0.227. The molecule has 0 aliphatic carbocycles. The van der Waals surface area contributed by atoms with Crippen LogP contribution in [0.1, 0.15) is 0 Å². The van der Waals surface area contributed by atoms with Gasteiger partial charge in [-0.05, 0) is 36.4 Å². The summed E-state index contributed by atoms with van der Waals surface area (Å²) in [6.45, 7) is 1.92. The first kappa shape index (κ1) is 20.5. The lowest BCUT2D eigenvalue weighted by atomic mass is 10.1. The number of benzene rings is 2. The van der Waals surface area contributed by atoms with E-state index in [0.29, 0.717) is 37.7 Å². The molecule has 1 fully saturated rings. The van der Waals surface area contributed by atoms with Gasteiger partial charge in [0.15, 0.2) is 5.82 Å². The van der Waals surface area contributed by atoms with Gasteiger partial charge in [-0.2, -0.15) is 0 Å². The lowest BCUT2D eigenvalue weighted by Gasteiger charge is -2.35. The van der Waals surface area contributed by atoms with Crippen LogP contribution in [0.5, 0.6) is 5.75 Å². The van der Waals surface area contributed by atoms with E-state index >= 15 is 0 Å². The summed E-state index contributed by atoms with van der Waals surface area (Å²) in [5, 5.41) is 11.1. The van der Waals surface area contributed by atoms with Crippen LogP contribution >= 0.6 is 0 Å². The smallest absolute Gasteiger partial charge is 0.322 e. The molecule has 1 aliphatic heterocycles. The van der Waals surface area contributed by atoms with Gasteiger partial charge in [-0.15, -0.1) is 10.2 Å². The van der Waals surface area contributed by atoms with Crippen LogP contribution in [0.3, 0.4) is 0 Å². The number of methoxy groups -OCH3 is 1. The molecule has 0 atom stereocenters. The van der Waals surface area contributed by atoms with Gasteiger partial charge in [-0.1, -0.05) is 12.1 Å². The van der Waals surface area contributed by atoms with Gasteiger partial charge in [0.05, 0.1) is 18.5 Å². The molecule has 31 heavy (non-hydrogen) atoms. The first-order valence-electron chi connectivity index (χ1n) is 9.78. The molecule has 0 unspecified atom stereocenters. The summed E-state index contributed by atoms with van der Waals surface area (Å²) in [7, 11) is 1.61. The van der Waals surface area contributed by atoms with Crippen LogP contribution < -0.4 is 15.0 Å². The topological polar surface area (TPSA) is 70.6 Å². The summed E-state index contributed by atoms with van der Waals surface area (Å²) in [6.07, 6.45) is 0. The molecule has 1 aromatic heterocycles. The zero-order valence-corrected chi connectivity index (χ0v) is 16.9. The summed E-state index contributed by atoms with van der Waals surface area (Å²) in [5.41, 5.74) is 1.39. The van der Waals surface area contributed by atoms with E-state index in [1.54, 1.807) is 12.0 Å². The summed E-state index contributed by atoms with van der Waals surface area (Å²) in [6, 6.07) is 13.8. The van der Waals surface area contributed by atoms with E-state index in [0.717, 1.165) is 29.5 Å². The summed E-state index contributed by atoms with van der Waals surface area (Å²) < 4.78 is 32.4. The SMILES string of the molecule is COc1ccccc1-c1ccc(N2CCN(C(=O)Nc3cc(F)ccc3F)CC2)nn1. The Morgan fingerprint density at radius 2 is 1.77 bits per heavy atom. The molecule has 2 aromatic carbocycles. The maximum atomic E-state index is 13.8. The fourth-order valence-electron chi connectivity index (χ4n) is 3.42. The highest BCUT2D eigenvalue weighted by atomic mass is 19.1. The number of urea groups is 1. The number of hydrogen-bond acceptors (Lipinski definition) is 5. The zero-order valence-electron chi connectivity index (χ0n) is 16.9. The third-order valence-corrected chi connectivity index (χ3v) is 5.09. The minimum Gasteiger partial charge on any atom is -0.496 e. The standard InChI is InChI=1S/C22H21F2N5O2/c1-31-20-5-3-2-4-16(20)18-8-9-21(27-26-18)28-10-12-29(13-11-28)22(30)25-19-14-15(23)6-7-17(19)24/h2-9,14H,10-13H2,1H3,(H,25,30). The molecular formula is C22H21F2N5O2. The Hall–Kier alpha value is -3.75. The molecule has 160 valence electrons. The Kier molecular flexibility index (Phi) is 5.92. The summed E-state index contributed by atoms with van der Waals surface area (Å²) in [5.74, 6) is 0.129. The lowest BCUT2D eigenvalue weighted by molar-refractivity contribution is 0.208. The molecule has 0 saturated carbocycles. The van der Waals surface area contributed by atoms with E-state index in [4.69, 9.17) is 4.74 Å². The zero-order chi connectivity index (χ0) is 21.8. The van der Waals surface area contributed by atoms with Crippen molar-refractivity contribution in [2.75, 3.05) is 43.5 Å². The molecule has 7 nitrogen and oxygen atoms in total. The number of anilines is 2. The van der Waals surface area contributed by atoms with Crippen LogP contribution in [0.4, 0.5) is 25.1 Å². The van der Waals surface area contributed by atoms with E-state index in [-0.39, 0.29) is 5.69 Å². The van der Waals surface area contributed by atoms with Gasteiger partial charge in [0.2, 0.25) is 0 Å². The van der Waals surface area contributed by atoms with Gasteiger partial charge in [0.25, 0.3) is 0 Å². The van der Waals surface area contributed by atoms with Gasteiger partial charge in [0.1, 0.15) is 17.4 Å². The second kappa shape index (κ2) is 8.95. The number of ether oxygens (including phenoxy) is 1. The van der Waals surface area contributed by atoms with E-state index in [1.807, 2.05) is 41.3 Å². The van der Waals surface area contributed by atoms with Crippen molar-refractivity contribution in [2.45, 2.75) is 0 Å². The Morgan fingerprint density at radius 1 is 1.00 bits per heavy atom. The third-order valence-electron chi connectivity index (χ3n) is 5.09. The molecule has 4 rings (SSSR count). The van der Waals surface area contributed by atoms with E-state index < -0.39 is 17.7 Å². The van der Waals surface area contributed by atoms with Crippen molar-refractivity contribution in [3.05, 3.63) is 66.2 Å². The molecule has 1 N–H and O–H groups in total. The number of carbonyl (C=O) groups excluding carboxylic acids is 1. The predicted octanol–water partition coefficient (Wildman–Crippen LogP) is 3.78. The lowest BCUT2D eigenvalue weighted by Crippen LogP contribution is -2.50. The third kappa shape index (κ3) is 4.55. The van der Waals surface area contributed by atoms with Gasteiger partial charge in [-0.3, -0.25) is 0 Å². The van der Waals surface area contributed by atoms with E-state index in [2.05, 4.69) is 15.5 Å². The number of nitrogens with one attached hydrogen (secondary N) is 1. The summed E-state index contributed by atoms with van der Waals surface area (Å²) >= 11 is 0. The predicted molar refractivity (Wildman–Crippen MR) is 113 cm³/mol. The maximum Gasteiger partial charge on any atom is 0.322 e. The first-order chi connectivity index (χ1) is 15.0. The normalized spacial score (nSPS) is 13.8. The van der Waals surface area contributed by atoms with Crippen molar-refractivity contribution in [1.29, 1.82) is 0 Å². The van der Waals surface area contributed by atoms with E-state index in [1.165, 1.54) is 0 Å². The molecule has 2 amide bonds. The minimum atomic E-state index is -0.682. The van der Waals surface area contributed by atoms with Crippen molar-refractivity contribution in [3.63, 3.8) is 0 Å². The van der Waals surface area contributed by atoms with Crippen LogP contribution in [-0.4, -0.2) is 54.4 Å². The first-order valence-corrected chi connectivity index (χ1v) is 9.78. The number of para-hydroxylation sites is 1. The average molecular weight is 425 g/mol. The molecule has 2 heterocycles. The van der Waals surface area contributed by atoms with E-state index in [9.17, 15) is 13.6 Å². The number of nitrogens with zero attached hydrogens (tertiary/aromatic N) is 4. The van der Waals surface area contributed by atoms with Crippen LogP contribution in [-0.2, 0) is 0 Å². The quantitative estimate of drug-likeness (QED) is 0.689. The second-order valence-electron chi connectivity index (χ2n) is 7.01. The van der Waals surface area contributed by atoms with Crippen molar-refractivity contribution in [1.82, 2.24) is 15.1 Å². The number of aromatic nitrogens is 2. The molecule has 0 radical (unpaired) electrons. The van der Waals surface area contributed by atoms with Gasteiger partial charge in [0, 0.05) is 37.8 Å². The van der Waals surface area contributed by atoms with Gasteiger partial charge in [-0.25, -0.2) is 13.6 Å². The highest BCUT2D eigenvalue weighted by Gasteiger charge is 2.23. The van der Waals surface area contributed by atoms with Crippen molar-refractivity contribution in [3.8, 4) is 17.0 Å². The van der Waals surface area contributed by atoms with Crippen molar-refractivity contribution in [2.24, 2.45) is 0 Å². The fourth-order valence-corrected chi connectivity index (χ4v) is 3.42. The average Bonchev–Trinajstić information content (AvgIpc) is 2.81. The highest BCUT2D eigenvalue weighted by molar-refractivity contribution is 5.89. The number of rotatable bonds is 4. The molecular weight excluding hydrogens is 404 g/mol. The van der Waals surface area contributed by atoms with Crippen LogP contribution in [0, 0.1) is 11.6 Å². The van der Waals surface area contributed by atoms with Gasteiger partial charge >= 0.3 is 6.03 Å². The van der Waals surface area contributed by atoms with Crippen molar-refractivity contribution >= 4 is 17.5 Å². The van der Waals surface area contributed by atoms with Crippen LogP contribution in [0.15, 0.2) is 54.6 Å². The molecule has 0 bridgehead atoms. The Balaban J connectivity index is 1.37. The molecule has 9 heteroatoms. The number of piperazine rings is 1. The second-order valence-corrected chi connectivity index (χ2v) is 7.01. The molecule has 0 spiro atoms. The molecule has 1 aliphatic rings. The number of halogens is 2. The monoisotopic (exact) mass is 425 g/mol. The van der Waals surface area contributed by atoms with Crippen LogP contribution in [0.2, 0.25) is 0 Å². The largest absolute Gasteiger partial charge is 0.496 e. The highest BCUT2D eigenvalue weighted by Crippen LogP contribution is 2.28. The molecule has 3 aromatic rings. The number of amides is 2. The van der Waals surface area contributed by atoms with Gasteiger partial charge < -0.3 is 19.9 Å². The Morgan fingerprint density at radius 3 is 2.48 bits per heavy atom. The Bertz CT molecular complexity index is 1070.